The topological polar surface area (TPSA) is 111 Å². The Balaban J connectivity index is 1.42. The summed E-state index contributed by atoms with van der Waals surface area (Å²) in [5.74, 6) is -0.290. The molecule has 9 nitrogen and oxygen atoms in total. The molecule has 0 spiro atoms. The van der Waals surface area contributed by atoms with Gasteiger partial charge in [-0.15, -0.1) is 0 Å². The van der Waals surface area contributed by atoms with Crippen molar-refractivity contribution in [1.82, 2.24) is 9.80 Å². The second-order valence-corrected chi connectivity index (χ2v) is 10.9. The molecule has 3 atom stereocenters. The number of hydrogen-bond acceptors (Lipinski definition) is 5. The number of carbonyl (C=O) groups is 3. The molecule has 40 heavy (non-hydrogen) atoms. The van der Waals surface area contributed by atoms with Crippen molar-refractivity contribution in [2.75, 3.05) is 37.4 Å². The number of para-hydroxylation sites is 1. The summed E-state index contributed by atoms with van der Waals surface area (Å²) in [6.45, 7) is 4.14. The van der Waals surface area contributed by atoms with Gasteiger partial charge in [0.15, 0.2) is 5.75 Å². The van der Waals surface area contributed by atoms with Crippen LogP contribution in [0.2, 0.25) is 0 Å². The number of nitrogens with one attached hydrogen (secondary N) is 2. The van der Waals surface area contributed by atoms with E-state index in [0.717, 1.165) is 23.6 Å². The Kier molecular flexibility index (Phi) is 7.93. The van der Waals surface area contributed by atoms with Gasteiger partial charge in [-0.05, 0) is 43.4 Å². The van der Waals surface area contributed by atoms with Crippen molar-refractivity contribution in [2.24, 2.45) is 11.8 Å². The highest BCUT2D eigenvalue weighted by molar-refractivity contribution is 6.03. The van der Waals surface area contributed by atoms with Gasteiger partial charge in [0.05, 0.1) is 36.1 Å². The number of likely N-dealkylation sites (N-methyl/N-ethyl adjacent to an activating group) is 1. The lowest BCUT2D eigenvalue weighted by molar-refractivity contribution is -0.117. The third-order valence-electron chi connectivity index (χ3n) is 7.73. The Morgan fingerprint density at radius 3 is 2.50 bits per heavy atom. The van der Waals surface area contributed by atoms with Gasteiger partial charge in [-0.25, -0.2) is 4.79 Å². The quantitative estimate of drug-likeness (QED) is 0.404. The van der Waals surface area contributed by atoms with Crippen LogP contribution in [0.1, 0.15) is 37.0 Å². The molecule has 1 heterocycles. The van der Waals surface area contributed by atoms with Gasteiger partial charge >= 0.3 is 6.03 Å². The van der Waals surface area contributed by atoms with E-state index in [1.165, 1.54) is 0 Å². The highest BCUT2D eigenvalue weighted by Crippen LogP contribution is 2.37. The summed E-state index contributed by atoms with van der Waals surface area (Å²) in [5, 5.41) is 17.8. The van der Waals surface area contributed by atoms with Gasteiger partial charge in [0.1, 0.15) is 6.10 Å². The number of urea groups is 1. The van der Waals surface area contributed by atoms with Crippen molar-refractivity contribution in [3.05, 3.63) is 66.2 Å². The minimum atomic E-state index is -0.498. The molecule has 0 unspecified atom stereocenters. The lowest BCUT2D eigenvalue weighted by Gasteiger charge is -2.38. The van der Waals surface area contributed by atoms with Gasteiger partial charge < -0.3 is 30.3 Å². The van der Waals surface area contributed by atoms with Gasteiger partial charge in [0.25, 0.3) is 5.91 Å². The maximum absolute atomic E-state index is 13.6. The third kappa shape index (κ3) is 5.74. The lowest BCUT2D eigenvalue weighted by Crippen LogP contribution is -2.50. The molecule has 0 aromatic heterocycles. The predicted octanol–water partition coefficient (Wildman–Crippen LogP) is 4.57. The molecular weight excluding hydrogens is 508 g/mol. The van der Waals surface area contributed by atoms with Crippen molar-refractivity contribution in [3.63, 3.8) is 0 Å². The first-order valence-corrected chi connectivity index (χ1v) is 13.8. The largest absolute Gasteiger partial charge is 0.485 e. The fourth-order valence-corrected chi connectivity index (χ4v) is 5.04. The van der Waals surface area contributed by atoms with Crippen LogP contribution in [-0.4, -0.2) is 71.6 Å². The number of carbonyl (C=O) groups excluding carboxylic acids is 3. The second-order valence-electron chi connectivity index (χ2n) is 10.9. The molecule has 2 aliphatic rings. The zero-order chi connectivity index (χ0) is 28.4. The number of amides is 4. The number of hydrogen-bond donors (Lipinski definition) is 3. The smallest absolute Gasteiger partial charge is 0.321 e. The van der Waals surface area contributed by atoms with Gasteiger partial charge in [-0.2, -0.15) is 0 Å². The van der Waals surface area contributed by atoms with Crippen molar-refractivity contribution in [2.45, 2.75) is 38.8 Å². The molecule has 1 aliphatic carbocycles. The van der Waals surface area contributed by atoms with E-state index in [1.54, 1.807) is 42.0 Å². The first-order chi connectivity index (χ1) is 19.3. The van der Waals surface area contributed by atoms with E-state index in [9.17, 15) is 19.5 Å². The number of ether oxygens (including phenoxy) is 1. The van der Waals surface area contributed by atoms with Crippen LogP contribution in [0, 0.1) is 11.8 Å². The van der Waals surface area contributed by atoms with E-state index in [4.69, 9.17) is 4.74 Å². The SMILES string of the molecule is C[C@H]1CN([C@@H](C)CO)C(=O)c2cccc(NC(=O)C3CC3)c2O[C@@H]1CN(C)C(=O)Nc1cccc2ccccc12. The highest BCUT2D eigenvalue weighted by atomic mass is 16.5. The zero-order valence-corrected chi connectivity index (χ0v) is 23.1. The van der Waals surface area contributed by atoms with Gasteiger partial charge in [-0.3, -0.25) is 9.59 Å². The van der Waals surface area contributed by atoms with E-state index in [2.05, 4.69) is 10.6 Å². The van der Waals surface area contributed by atoms with E-state index >= 15 is 0 Å². The summed E-state index contributed by atoms with van der Waals surface area (Å²) < 4.78 is 6.51. The summed E-state index contributed by atoms with van der Waals surface area (Å²) in [7, 11) is 1.70. The molecule has 0 bridgehead atoms. The highest BCUT2D eigenvalue weighted by Gasteiger charge is 2.36. The maximum Gasteiger partial charge on any atom is 0.321 e. The number of nitrogens with zero attached hydrogens (tertiary/aromatic N) is 2. The molecule has 1 fully saturated rings. The Hall–Kier alpha value is -4.11. The average Bonchev–Trinajstić information content (AvgIpc) is 3.81. The zero-order valence-electron chi connectivity index (χ0n) is 23.1. The van der Waals surface area contributed by atoms with Gasteiger partial charge in [0, 0.05) is 30.8 Å². The van der Waals surface area contributed by atoms with E-state index in [1.807, 2.05) is 49.4 Å². The van der Waals surface area contributed by atoms with Crippen LogP contribution in [-0.2, 0) is 4.79 Å². The Bertz CT molecular complexity index is 1420. The van der Waals surface area contributed by atoms with Crippen LogP contribution in [0.25, 0.3) is 10.8 Å². The van der Waals surface area contributed by atoms with Crippen LogP contribution in [0.3, 0.4) is 0 Å². The molecule has 1 aliphatic heterocycles. The molecule has 3 aromatic rings. The molecule has 4 amide bonds. The van der Waals surface area contributed by atoms with Gasteiger partial charge in [-0.1, -0.05) is 49.4 Å². The van der Waals surface area contributed by atoms with Crippen molar-refractivity contribution < 1.29 is 24.2 Å². The van der Waals surface area contributed by atoms with Crippen LogP contribution < -0.4 is 15.4 Å². The normalized spacial score (nSPS) is 19.6. The molecule has 0 saturated heterocycles. The molecular formula is C31H36N4O5. The molecule has 9 heteroatoms. The number of aliphatic hydroxyl groups excluding tert-OH is 1. The van der Waals surface area contributed by atoms with Crippen molar-refractivity contribution >= 4 is 40.0 Å². The number of fused-ring (bicyclic) bond motifs is 2. The van der Waals surface area contributed by atoms with Gasteiger partial charge in [0.2, 0.25) is 5.91 Å². The Morgan fingerprint density at radius 1 is 1.05 bits per heavy atom. The number of benzene rings is 3. The van der Waals surface area contributed by atoms with E-state index in [0.29, 0.717) is 23.5 Å². The predicted molar refractivity (Wildman–Crippen MR) is 155 cm³/mol. The summed E-state index contributed by atoms with van der Waals surface area (Å²) in [6, 6.07) is 18.0. The lowest BCUT2D eigenvalue weighted by atomic mass is 9.99. The molecule has 0 radical (unpaired) electrons. The van der Waals surface area contributed by atoms with E-state index < -0.39 is 12.1 Å². The average molecular weight is 545 g/mol. The van der Waals surface area contributed by atoms with Crippen molar-refractivity contribution in [1.29, 1.82) is 0 Å². The van der Waals surface area contributed by atoms with Crippen LogP contribution >= 0.6 is 0 Å². The fraction of sp³-hybridized carbons (Fsp3) is 0.387. The molecule has 5 rings (SSSR count). The number of rotatable bonds is 7. The van der Waals surface area contributed by atoms with Crippen molar-refractivity contribution in [3.8, 4) is 5.75 Å². The Labute approximate surface area is 234 Å². The maximum atomic E-state index is 13.6. The molecule has 210 valence electrons. The summed E-state index contributed by atoms with van der Waals surface area (Å²) in [4.78, 5) is 42.8. The fourth-order valence-electron chi connectivity index (χ4n) is 5.04. The van der Waals surface area contributed by atoms with E-state index in [-0.39, 0.29) is 48.6 Å². The third-order valence-corrected chi connectivity index (χ3v) is 7.73. The number of aliphatic hydroxyl groups is 1. The minimum absolute atomic E-state index is 0.0235. The molecule has 1 saturated carbocycles. The molecule has 3 aromatic carbocycles. The number of anilines is 2. The summed E-state index contributed by atoms with van der Waals surface area (Å²) in [6.07, 6.45) is 1.19. The Morgan fingerprint density at radius 2 is 1.75 bits per heavy atom. The van der Waals surface area contributed by atoms with Crippen LogP contribution in [0.4, 0.5) is 16.2 Å². The monoisotopic (exact) mass is 544 g/mol. The summed E-state index contributed by atoms with van der Waals surface area (Å²) >= 11 is 0. The van der Waals surface area contributed by atoms with Crippen LogP contribution in [0.15, 0.2) is 60.7 Å². The minimum Gasteiger partial charge on any atom is -0.485 e. The summed E-state index contributed by atoms with van der Waals surface area (Å²) in [5.41, 5.74) is 1.46. The standard InChI is InChI=1S/C31H36N4O5/c1-19-16-35(20(2)18-36)30(38)24-11-7-13-26(32-29(37)22-14-15-22)28(24)40-27(19)17-34(3)31(39)33-25-12-6-9-21-8-4-5-10-23(21)25/h4-13,19-20,22,27,36H,14-18H2,1-3H3,(H,32,37)(H,33,39)/t19-,20-,27+/m0/s1. The first-order valence-electron chi connectivity index (χ1n) is 13.8. The molecule has 3 N–H and O–H groups in total. The van der Waals surface area contributed by atoms with Crippen LogP contribution in [0.5, 0.6) is 5.75 Å². The second kappa shape index (κ2) is 11.6. The first kappa shape index (κ1) is 27.5.